The Kier molecular flexibility index (Phi) is 8.29. The molecule has 2 rings (SSSR count). The minimum absolute atomic E-state index is 0.0845. The molecule has 0 saturated heterocycles. The summed E-state index contributed by atoms with van der Waals surface area (Å²) in [6, 6.07) is 6.08. The minimum atomic E-state index is -3.74. The highest BCUT2D eigenvalue weighted by atomic mass is 32.2. The van der Waals surface area contributed by atoms with E-state index in [9.17, 15) is 13.2 Å². The lowest BCUT2D eigenvalue weighted by Gasteiger charge is -2.27. The van der Waals surface area contributed by atoms with Gasteiger partial charge in [0.15, 0.2) is 0 Å². The molecule has 2 atom stereocenters. The van der Waals surface area contributed by atoms with Gasteiger partial charge in [0.2, 0.25) is 15.9 Å². The van der Waals surface area contributed by atoms with Crippen LogP contribution in [-0.2, 0) is 14.8 Å². The Morgan fingerprint density at radius 1 is 1.07 bits per heavy atom. The molecule has 5 nitrogen and oxygen atoms in total. The van der Waals surface area contributed by atoms with Gasteiger partial charge in [0.1, 0.15) is 6.04 Å². The van der Waals surface area contributed by atoms with Crippen molar-refractivity contribution in [3.63, 3.8) is 0 Å². The van der Waals surface area contributed by atoms with E-state index in [1.807, 2.05) is 20.8 Å². The Bertz CT molecular complexity index is 693. The average molecular weight is 395 g/mol. The van der Waals surface area contributed by atoms with Crippen LogP contribution in [0, 0.1) is 12.8 Å². The van der Waals surface area contributed by atoms with Crippen molar-refractivity contribution in [2.75, 3.05) is 0 Å². The molecular formula is C21H34N2O3S. The van der Waals surface area contributed by atoms with Crippen LogP contribution in [0.3, 0.4) is 0 Å². The molecule has 0 spiro atoms. The Morgan fingerprint density at radius 2 is 1.63 bits per heavy atom. The van der Waals surface area contributed by atoms with E-state index in [0.29, 0.717) is 0 Å². The number of sulfonamides is 1. The molecular weight excluding hydrogens is 360 g/mol. The van der Waals surface area contributed by atoms with E-state index in [0.717, 1.165) is 37.7 Å². The van der Waals surface area contributed by atoms with Gasteiger partial charge in [-0.15, -0.1) is 0 Å². The van der Waals surface area contributed by atoms with Crippen molar-refractivity contribution in [1.82, 2.24) is 10.0 Å². The first-order valence-electron chi connectivity index (χ1n) is 10.2. The third-order valence-electron chi connectivity index (χ3n) is 5.56. The van der Waals surface area contributed by atoms with Crippen LogP contribution in [0.4, 0.5) is 0 Å². The van der Waals surface area contributed by atoms with Gasteiger partial charge in [0, 0.05) is 6.04 Å². The zero-order valence-electron chi connectivity index (χ0n) is 16.8. The summed E-state index contributed by atoms with van der Waals surface area (Å²) in [5.74, 6) is -0.288. The smallest absolute Gasteiger partial charge is 0.241 e. The number of rotatable bonds is 7. The normalized spacial score (nSPS) is 18.9. The molecule has 0 heterocycles. The molecule has 2 N–H and O–H groups in total. The van der Waals surface area contributed by atoms with E-state index in [2.05, 4.69) is 10.0 Å². The van der Waals surface area contributed by atoms with Crippen molar-refractivity contribution in [2.24, 2.45) is 5.92 Å². The fourth-order valence-electron chi connectivity index (χ4n) is 3.51. The van der Waals surface area contributed by atoms with Crippen molar-refractivity contribution in [3.05, 3.63) is 29.8 Å². The summed E-state index contributed by atoms with van der Waals surface area (Å²) in [5, 5.41) is 3.12. The van der Waals surface area contributed by atoms with Crippen molar-refractivity contribution >= 4 is 15.9 Å². The molecule has 0 aliphatic heterocycles. The van der Waals surface area contributed by atoms with Crippen molar-refractivity contribution in [1.29, 1.82) is 0 Å². The first-order chi connectivity index (χ1) is 12.8. The molecule has 6 heteroatoms. The zero-order chi connectivity index (χ0) is 19.9. The predicted octanol–water partition coefficient (Wildman–Crippen LogP) is 3.92. The van der Waals surface area contributed by atoms with Crippen LogP contribution in [0.2, 0.25) is 0 Å². The standard InChI is InChI=1S/C21H34N2O3S/c1-4-17(3)20(21(24)22-18-10-8-6-5-7-9-11-18)23-27(25,26)19-14-12-16(2)13-15-19/h12-15,17-18,20,23H,4-11H2,1-3H3,(H,22,24)/t17-,20+/m1/s1. The molecule has 1 aliphatic carbocycles. The second kappa shape index (κ2) is 10.2. The number of carbonyl (C=O) groups excluding carboxylic acids is 1. The summed E-state index contributed by atoms with van der Waals surface area (Å²) < 4.78 is 28.2. The second-order valence-corrected chi connectivity index (χ2v) is 9.56. The molecule has 1 fully saturated rings. The number of carbonyl (C=O) groups is 1. The van der Waals surface area contributed by atoms with Crippen LogP contribution in [0.25, 0.3) is 0 Å². The number of hydrogen-bond donors (Lipinski definition) is 2. The van der Waals surface area contributed by atoms with E-state index in [4.69, 9.17) is 0 Å². The minimum Gasteiger partial charge on any atom is -0.352 e. The Balaban J connectivity index is 2.11. The van der Waals surface area contributed by atoms with Crippen LogP contribution in [0.15, 0.2) is 29.2 Å². The van der Waals surface area contributed by atoms with E-state index >= 15 is 0 Å². The maximum atomic E-state index is 12.9. The maximum absolute atomic E-state index is 12.9. The Labute approximate surface area is 164 Å². The number of hydrogen-bond acceptors (Lipinski definition) is 3. The lowest BCUT2D eigenvalue weighted by Crippen LogP contribution is -2.52. The van der Waals surface area contributed by atoms with Crippen molar-refractivity contribution in [3.8, 4) is 0 Å². The number of aryl methyl sites for hydroxylation is 1. The monoisotopic (exact) mass is 394 g/mol. The first-order valence-corrected chi connectivity index (χ1v) is 11.7. The van der Waals surface area contributed by atoms with E-state index < -0.39 is 16.1 Å². The van der Waals surface area contributed by atoms with Crippen LogP contribution in [0.5, 0.6) is 0 Å². The maximum Gasteiger partial charge on any atom is 0.241 e. The highest BCUT2D eigenvalue weighted by Gasteiger charge is 2.30. The lowest BCUT2D eigenvalue weighted by atomic mass is 9.95. The van der Waals surface area contributed by atoms with Crippen molar-refractivity contribution < 1.29 is 13.2 Å². The average Bonchev–Trinajstić information content (AvgIpc) is 2.61. The lowest BCUT2D eigenvalue weighted by molar-refractivity contribution is -0.124. The number of benzene rings is 1. The largest absolute Gasteiger partial charge is 0.352 e. The highest BCUT2D eigenvalue weighted by Crippen LogP contribution is 2.19. The van der Waals surface area contributed by atoms with Crippen molar-refractivity contribution in [2.45, 2.75) is 89.1 Å². The number of nitrogens with one attached hydrogen (secondary N) is 2. The fourth-order valence-corrected chi connectivity index (χ4v) is 4.81. The fraction of sp³-hybridized carbons (Fsp3) is 0.667. The summed E-state index contributed by atoms with van der Waals surface area (Å²) in [6.45, 7) is 5.80. The van der Waals surface area contributed by atoms with E-state index in [1.54, 1.807) is 24.3 Å². The summed E-state index contributed by atoms with van der Waals surface area (Å²) >= 11 is 0. The summed E-state index contributed by atoms with van der Waals surface area (Å²) in [6.07, 6.45) is 8.60. The first kappa shape index (κ1) is 21.9. The molecule has 1 aliphatic rings. The van der Waals surface area contributed by atoms with Crippen LogP contribution in [0.1, 0.15) is 70.8 Å². The predicted molar refractivity (Wildman–Crippen MR) is 109 cm³/mol. The summed E-state index contributed by atoms with van der Waals surface area (Å²) in [7, 11) is -3.74. The van der Waals surface area contributed by atoms with Gasteiger partial charge < -0.3 is 5.32 Å². The molecule has 1 aromatic carbocycles. The topological polar surface area (TPSA) is 75.3 Å². The van der Waals surface area contributed by atoms with Gasteiger partial charge in [0.05, 0.1) is 4.90 Å². The SMILES string of the molecule is CC[C@@H](C)[C@H](NS(=O)(=O)c1ccc(C)cc1)C(=O)NC1CCCCCCC1. The van der Waals surface area contributed by atoms with Gasteiger partial charge in [-0.1, -0.05) is 70.1 Å². The van der Waals surface area contributed by atoms with Gasteiger partial charge in [-0.05, 0) is 37.8 Å². The number of amides is 1. The second-order valence-electron chi connectivity index (χ2n) is 7.85. The van der Waals surface area contributed by atoms with Gasteiger partial charge in [-0.3, -0.25) is 4.79 Å². The Hall–Kier alpha value is -1.40. The summed E-state index contributed by atoms with van der Waals surface area (Å²) in [4.78, 5) is 13.1. The van der Waals surface area contributed by atoms with Gasteiger partial charge in [-0.2, -0.15) is 4.72 Å². The molecule has 0 unspecified atom stereocenters. The third kappa shape index (κ3) is 6.61. The zero-order valence-corrected chi connectivity index (χ0v) is 17.6. The molecule has 0 radical (unpaired) electrons. The van der Waals surface area contributed by atoms with E-state index in [-0.39, 0.29) is 22.8 Å². The molecule has 1 aromatic rings. The molecule has 27 heavy (non-hydrogen) atoms. The molecule has 0 bridgehead atoms. The quantitative estimate of drug-likeness (QED) is 0.736. The molecule has 1 amide bonds. The highest BCUT2D eigenvalue weighted by molar-refractivity contribution is 7.89. The van der Waals surface area contributed by atoms with Gasteiger partial charge in [0.25, 0.3) is 0 Å². The van der Waals surface area contributed by atoms with Crippen LogP contribution < -0.4 is 10.0 Å². The molecule has 152 valence electrons. The Morgan fingerprint density at radius 3 is 2.19 bits per heavy atom. The van der Waals surface area contributed by atoms with Gasteiger partial charge in [-0.25, -0.2) is 8.42 Å². The third-order valence-corrected chi connectivity index (χ3v) is 7.02. The van der Waals surface area contributed by atoms with E-state index in [1.165, 1.54) is 19.3 Å². The summed E-state index contributed by atoms with van der Waals surface area (Å²) in [5.41, 5.74) is 0.995. The van der Waals surface area contributed by atoms with Crippen LogP contribution in [-0.4, -0.2) is 26.4 Å². The molecule has 1 saturated carbocycles. The molecule has 0 aromatic heterocycles. The van der Waals surface area contributed by atoms with Gasteiger partial charge >= 0.3 is 0 Å². The van der Waals surface area contributed by atoms with Crippen LogP contribution >= 0.6 is 0 Å².